The zero-order chi connectivity index (χ0) is 18.4. The molecular formula is C18H17FN2O4. The van der Waals surface area contributed by atoms with Crippen molar-refractivity contribution in [2.45, 2.75) is 19.4 Å². The lowest BCUT2D eigenvalue weighted by molar-refractivity contribution is -0.137. The first-order chi connectivity index (χ1) is 11.8. The zero-order valence-electron chi connectivity index (χ0n) is 13.5. The van der Waals surface area contributed by atoms with Crippen LogP contribution in [0.3, 0.4) is 0 Å². The van der Waals surface area contributed by atoms with Gasteiger partial charge in [-0.05, 0) is 42.0 Å². The first-order valence-electron chi connectivity index (χ1n) is 7.51. The Labute approximate surface area is 143 Å². The van der Waals surface area contributed by atoms with Gasteiger partial charge in [0.15, 0.2) is 0 Å². The van der Waals surface area contributed by atoms with Gasteiger partial charge in [0.05, 0.1) is 12.5 Å². The number of carboxylic acids is 1. The molecule has 0 fully saturated rings. The van der Waals surface area contributed by atoms with E-state index in [0.717, 1.165) is 0 Å². The molecule has 0 aliphatic rings. The van der Waals surface area contributed by atoms with E-state index in [9.17, 15) is 18.8 Å². The summed E-state index contributed by atoms with van der Waals surface area (Å²) >= 11 is 0. The summed E-state index contributed by atoms with van der Waals surface area (Å²) in [7, 11) is 0. The summed E-state index contributed by atoms with van der Waals surface area (Å²) in [4.78, 5) is 34.4. The number of amides is 2. The molecule has 1 atom stereocenters. The van der Waals surface area contributed by atoms with Crippen LogP contribution in [0.1, 0.15) is 35.3 Å². The molecule has 1 unspecified atom stereocenters. The summed E-state index contributed by atoms with van der Waals surface area (Å²) in [6, 6.07) is 10.7. The Kier molecular flexibility index (Phi) is 5.84. The van der Waals surface area contributed by atoms with Gasteiger partial charge in [-0.15, -0.1) is 0 Å². The quantitative estimate of drug-likeness (QED) is 0.751. The van der Waals surface area contributed by atoms with Gasteiger partial charge in [-0.1, -0.05) is 12.1 Å². The second-order valence-corrected chi connectivity index (χ2v) is 5.43. The number of carboxylic acid groups (broad SMARTS) is 1. The third kappa shape index (κ3) is 5.42. The van der Waals surface area contributed by atoms with Crippen molar-refractivity contribution in [1.82, 2.24) is 5.32 Å². The number of nitrogens with one attached hydrogen (secondary N) is 2. The van der Waals surface area contributed by atoms with Crippen LogP contribution >= 0.6 is 0 Å². The van der Waals surface area contributed by atoms with E-state index in [1.165, 1.54) is 43.3 Å². The van der Waals surface area contributed by atoms with Crippen LogP contribution in [0.2, 0.25) is 0 Å². The number of hydrogen-bond donors (Lipinski definition) is 3. The van der Waals surface area contributed by atoms with Gasteiger partial charge in [-0.3, -0.25) is 14.4 Å². The lowest BCUT2D eigenvalue weighted by Crippen LogP contribution is -2.30. The predicted molar refractivity (Wildman–Crippen MR) is 89.6 cm³/mol. The highest BCUT2D eigenvalue weighted by molar-refractivity contribution is 5.96. The Morgan fingerprint density at radius 1 is 1.04 bits per heavy atom. The Morgan fingerprint density at radius 2 is 1.64 bits per heavy atom. The van der Waals surface area contributed by atoms with E-state index in [0.29, 0.717) is 16.8 Å². The van der Waals surface area contributed by atoms with Crippen LogP contribution in [0.15, 0.2) is 48.5 Å². The summed E-state index contributed by atoms with van der Waals surface area (Å²) < 4.78 is 13.0. The number of rotatable bonds is 6. The minimum atomic E-state index is -1.09. The molecule has 0 aliphatic heterocycles. The van der Waals surface area contributed by atoms with E-state index < -0.39 is 23.7 Å². The predicted octanol–water partition coefficient (Wildman–Crippen LogP) is 2.73. The molecule has 3 N–H and O–H groups in total. The van der Waals surface area contributed by atoms with Crippen LogP contribution in [0, 0.1) is 5.82 Å². The van der Waals surface area contributed by atoms with E-state index in [1.807, 2.05) is 0 Å². The highest BCUT2D eigenvalue weighted by atomic mass is 19.1. The molecule has 0 radical (unpaired) electrons. The number of hydrogen-bond acceptors (Lipinski definition) is 3. The van der Waals surface area contributed by atoms with Crippen molar-refractivity contribution in [3.63, 3.8) is 0 Å². The Morgan fingerprint density at radius 3 is 2.16 bits per heavy atom. The van der Waals surface area contributed by atoms with Gasteiger partial charge in [0.1, 0.15) is 5.82 Å². The van der Waals surface area contributed by atoms with Crippen molar-refractivity contribution < 1.29 is 23.9 Å². The molecule has 2 aromatic rings. The maximum Gasteiger partial charge on any atom is 0.305 e. The summed E-state index contributed by atoms with van der Waals surface area (Å²) in [6.07, 6.45) is -0.332. The molecule has 2 amide bonds. The van der Waals surface area contributed by atoms with Crippen molar-refractivity contribution in [2.75, 3.05) is 5.32 Å². The van der Waals surface area contributed by atoms with Gasteiger partial charge in [0.25, 0.3) is 5.91 Å². The monoisotopic (exact) mass is 344 g/mol. The zero-order valence-corrected chi connectivity index (χ0v) is 13.5. The lowest BCUT2D eigenvalue weighted by atomic mass is 10.0. The van der Waals surface area contributed by atoms with Gasteiger partial charge in [-0.2, -0.15) is 0 Å². The van der Waals surface area contributed by atoms with E-state index in [-0.39, 0.29) is 12.3 Å². The van der Waals surface area contributed by atoms with Crippen LogP contribution in [-0.4, -0.2) is 22.9 Å². The smallest absolute Gasteiger partial charge is 0.305 e. The van der Waals surface area contributed by atoms with E-state index in [2.05, 4.69) is 10.6 Å². The van der Waals surface area contributed by atoms with Crippen molar-refractivity contribution in [1.29, 1.82) is 0 Å². The fourth-order valence-corrected chi connectivity index (χ4v) is 2.27. The summed E-state index contributed by atoms with van der Waals surface area (Å²) in [5.74, 6) is -2.23. The fourth-order valence-electron chi connectivity index (χ4n) is 2.27. The summed E-state index contributed by atoms with van der Waals surface area (Å²) in [5.41, 5.74) is 1.35. The van der Waals surface area contributed by atoms with Gasteiger partial charge >= 0.3 is 5.97 Å². The molecule has 0 spiro atoms. The molecular weight excluding hydrogens is 327 g/mol. The normalized spacial score (nSPS) is 11.4. The molecule has 0 saturated carbocycles. The highest BCUT2D eigenvalue weighted by Gasteiger charge is 2.19. The maximum absolute atomic E-state index is 13.0. The van der Waals surface area contributed by atoms with Gasteiger partial charge in [0.2, 0.25) is 5.91 Å². The molecule has 0 bridgehead atoms. The average Bonchev–Trinajstić information content (AvgIpc) is 2.54. The number of halogens is 1. The fraction of sp³-hybridized carbons (Fsp3) is 0.167. The number of carbonyl (C=O) groups excluding carboxylic acids is 2. The van der Waals surface area contributed by atoms with E-state index in [4.69, 9.17) is 5.11 Å². The minimum Gasteiger partial charge on any atom is -0.481 e. The second kappa shape index (κ2) is 8.05. The Balaban J connectivity index is 2.14. The Bertz CT molecular complexity index is 773. The number of carbonyl (C=O) groups is 3. The molecule has 130 valence electrons. The van der Waals surface area contributed by atoms with Crippen LogP contribution in [0.4, 0.5) is 10.1 Å². The molecule has 0 heterocycles. The standard InChI is InChI=1S/C18H17FN2O4/c1-11(22)20-15-8-4-13(5-9-15)18(25)21-16(10-17(23)24)12-2-6-14(19)7-3-12/h2-9,16H,10H2,1H3,(H,20,22)(H,21,25)(H,23,24). The first kappa shape index (κ1) is 18.1. The van der Waals surface area contributed by atoms with Gasteiger partial charge < -0.3 is 15.7 Å². The highest BCUT2D eigenvalue weighted by Crippen LogP contribution is 2.19. The van der Waals surface area contributed by atoms with Gasteiger partial charge in [0, 0.05) is 18.2 Å². The lowest BCUT2D eigenvalue weighted by Gasteiger charge is -2.17. The second-order valence-electron chi connectivity index (χ2n) is 5.43. The first-order valence-corrected chi connectivity index (χ1v) is 7.51. The maximum atomic E-state index is 13.0. The van der Waals surface area contributed by atoms with Crippen LogP contribution in [0.25, 0.3) is 0 Å². The SMILES string of the molecule is CC(=O)Nc1ccc(C(=O)NC(CC(=O)O)c2ccc(F)cc2)cc1. The molecule has 0 aliphatic carbocycles. The molecule has 0 saturated heterocycles. The molecule has 6 nitrogen and oxygen atoms in total. The number of benzene rings is 2. The van der Waals surface area contributed by atoms with E-state index in [1.54, 1.807) is 12.1 Å². The molecule has 2 rings (SSSR count). The average molecular weight is 344 g/mol. The van der Waals surface area contributed by atoms with Crippen LogP contribution in [0.5, 0.6) is 0 Å². The topological polar surface area (TPSA) is 95.5 Å². The number of aliphatic carboxylic acids is 1. The number of anilines is 1. The summed E-state index contributed by atoms with van der Waals surface area (Å²) in [5, 5.41) is 14.3. The van der Waals surface area contributed by atoms with Crippen LogP contribution in [-0.2, 0) is 9.59 Å². The molecule has 7 heteroatoms. The third-order valence-electron chi connectivity index (χ3n) is 3.42. The van der Waals surface area contributed by atoms with Crippen molar-refractivity contribution in [3.05, 3.63) is 65.5 Å². The van der Waals surface area contributed by atoms with Gasteiger partial charge in [-0.25, -0.2) is 4.39 Å². The molecule has 0 aromatic heterocycles. The Hall–Kier alpha value is -3.22. The van der Waals surface area contributed by atoms with Crippen molar-refractivity contribution >= 4 is 23.5 Å². The third-order valence-corrected chi connectivity index (χ3v) is 3.42. The van der Waals surface area contributed by atoms with Crippen molar-refractivity contribution in [3.8, 4) is 0 Å². The molecule has 2 aromatic carbocycles. The van der Waals surface area contributed by atoms with Crippen LogP contribution < -0.4 is 10.6 Å². The largest absolute Gasteiger partial charge is 0.481 e. The summed E-state index contributed by atoms with van der Waals surface area (Å²) in [6.45, 7) is 1.37. The molecule has 25 heavy (non-hydrogen) atoms. The minimum absolute atomic E-state index is 0.227. The van der Waals surface area contributed by atoms with E-state index >= 15 is 0 Å². The van der Waals surface area contributed by atoms with Crippen molar-refractivity contribution in [2.24, 2.45) is 0 Å².